The van der Waals surface area contributed by atoms with Crippen LogP contribution >= 0.6 is 11.8 Å². The van der Waals surface area contributed by atoms with E-state index in [9.17, 15) is 8.42 Å². The molecular weight excluding hydrogens is 388 g/mol. The fraction of sp³-hybridized carbons (Fsp3) is 0.412. The molecule has 0 N–H and O–H groups in total. The van der Waals surface area contributed by atoms with E-state index in [0.29, 0.717) is 41.4 Å². The molecule has 1 aromatic carbocycles. The standard InChI is InChI=1S/C17H18N4O4S2/c1-11-2-4-13(5-3-11)16-18-15(25-21-16)9-26-17-20-19-14(24-17)8-12-6-7-27(22,23)10-12/h2-5,12H,6-10H2,1H3. The summed E-state index contributed by atoms with van der Waals surface area (Å²) in [4.78, 5) is 4.38. The Bertz CT molecular complexity index is 1030. The Hall–Kier alpha value is -2.20. The summed E-state index contributed by atoms with van der Waals surface area (Å²) < 4.78 is 33.9. The van der Waals surface area contributed by atoms with Crippen molar-refractivity contribution in [2.24, 2.45) is 5.92 Å². The van der Waals surface area contributed by atoms with E-state index in [1.54, 1.807) is 0 Å². The van der Waals surface area contributed by atoms with Crippen LogP contribution in [0.4, 0.5) is 0 Å². The van der Waals surface area contributed by atoms with Crippen LogP contribution in [-0.2, 0) is 22.0 Å². The fourth-order valence-corrected chi connectivity index (χ4v) is 5.40. The van der Waals surface area contributed by atoms with Gasteiger partial charge in [-0.1, -0.05) is 46.7 Å². The van der Waals surface area contributed by atoms with Gasteiger partial charge in [0.2, 0.25) is 17.6 Å². The average Bonchev–Trinajstić information content (AvgIpc) is 3.34. The Morgan fingerprint density at radius 2 is 2.00 bits per heavy atom. The Labute approximate surface area is 160 Å². The number of hydrogen-bond donors (Lipinski definition) is 0. The molecule has 4 rings (SSSR count). The van der Waals surface area contributed by atoms with Crippen LogP contribution in [0, 0.1) is 12.8 Å². The van der Waals surface area contributed by atoms with Crippen LogP contribution in [0.3, 0.4) is 0 Å². The van der Waals surface area contributed by atoms with Gasteiger partial charge in [-0.15, -0.1) is 10.2 Å². The highest BCUT2D eigenvalue weighted by Crippen LogP contribution is 2.26. The first-order valence-electron chi connectivity index (χ1n) is 8.52. The third kappa shape index (κ3) is 4.56. The van der Waals surface area contributed by atoms with Gasteiger partial charge in [-0.3, -0.25) is 0 Å². The largest absolute Gasteiger partial charge is 0.416 e. The lowest BCUT2D eigenvalue weighted by atomic mass is 10.1. The second kappa shape index (κ2) is 7.43. The summed E-state index contributed by atoms with van der Waals surface area (Å²) in [6.07, 6.45) is 1.14. The van der Waals surface area contributed by atoms with E-state index in [1.807, 2.05) is 31.2 Å². The van der Waals surface area contributed by atoms with Crippen LogP contribution in [0.15, 0.2) is 38.4 Å². The number of aromatic nitrogens is 4. The van der Waals surface area contributed by atoms with Crippen LogP contribution in [-0.4, -0.2) is 40.3 Å². The van der Waals surface area contributed by atoms with Gasteiger partial charge in [0, 0.05) is 12.0 Å². The highest BCUT2D eigenvalue weighted by molar-refractivity contribution is 7.98. The van der Waals surface area contributed by atoms with Gasteiger partial charge in [0.05, 0.1) is 17.3 Å². The molecule has 2 aromatic heterocycles. The normalized spacial score (nSPS) is 18.8. The fourth-order valence-electron chi connectivity index (χ4n) is 2.92. The predicted octanol–water partition coefficient (Wildman–Crippen LogP) is 2.70. The summed E-state index contributed by atoms with van der Waals surface area (Å²) in [6, 6.07) is 7.89. The minimum Gasteiger partial charge on any atom is -0.416 e. The van der Waals surface area contributed by atoms with Gasteiger partial charge in [-0.2, -0.15) is 4.98 Å². The Morgan fingerprint density at radius 1 is 1.19 bits per heavy atom. The van der Waals surface area contributed by atoms with Crippen molar-refractivity contribution in [3.8, 4) is 11.4 Å². The predicted molar refractivity (Wildman–Crippen MR) is 98.8 cm³/mol. The molecular formula is C17H18N4O4S2. The maximum absolute atomic E-state index is 11.5. The molecule has 0 radical (unpaired) electrons. The van der Waals surface area contributed by atoms with Gasteiger partial charge < -0.3 is 8.94 Å². The van der Waals surface area contributed by atoms with Crippen LogP contribution < -0.4 is 0 Å². The molecule has 1 aliphatic heterocycles. The quantitative estimate of drug-likeness (QED) is 0.570. The van der Waals surface area contributed by atoms with Crippen molar-refractivity contribution in [3.05, 3.63) is 41.6 Å². The summed E-state index contributed by atoms with van der Waals surface area (Å²) in [6.45, 7) is 2.02. The molecule has 1 saturated heterocycles. The molecule has 10 heteroatoms. The number of benzene rings is 1. The van der Waals surface area contributed by atoms with Crippen LogP contribution in [0.2, 0.25) is 0 Å². The number of nitrogens with zero attached hydrogens (tertiary/aromatic N) is 4. The molecule has 27 heavy (non-hydrogen) atoms. The summed E-state index contributed by atoms with van der Waals surface area (Å²) in [5, 5.41) is 12.4. The Morgan fingerprint density at radius 3 is 2.74 bits per heavy atom. The number of sulfone groups is 1. The van der Waals surface area contributed by atoms with Gasteiger partial charge in [0.1, 0.15) is 0 Å². The number of rotatable bonds is 6. The molecule has 0 amide bonds. The third-order valence-corrected chi connectivity index (χ3v) is 6.98. The maximum Gasteiger partial charge on any atom is 0.277 e. The topological polar surface area (TPSA) is 112 Å². The van der Waals surface area contributed by atoms with E-state index in [2.05, 4.69) is 20.3 Å². The summed E-state index contributed by atoms with van der Waals surface area (Å²) in [5.41, 5.74) is 2.06. The number of hydrogen-bond acceptors (Lipinski definition) is 9. The van der Waals surface area contributed by atoms with Crippen molar-refractivity contribution in [2.75, 3.05) is 11.5 Å². The van der Waals surface area contributed by atoms with E-state index in [1.165, 1.54) is 17.3 Å². The molecule has 3 aromatic rings. The molecule has 3 heterocycles. The van der Waals surface area contributed by atoms with Gasteiger partial charge in [-0.05, 0) is 19.3 Å². The van der Waals surface area contributed by atoms with E-state index < -0.39 is 9.84 Å². The molecule has 0 spiro atoms. The molecule has 0 saturated carbocycles. The minimum atomic E-state index is -2.90. The molecule has 8 nitrogen and oxygen atoms in total. The van der Waals surface area contributed by atoms with Gasteiger partial charge in [-0.25, -0.2) is 8.42 Å². The molecule has 1 atom stereocenters. The number of thioether (sulfide) groups is 1. The molecule has 142 valence electrons. The molecule has 1 unspecified atom stereocenters. The first kappa shape index (κ1) is 18.2. The summed E-state index contributed by atoms with van der Waals surface area (Å²) in [7, 11) is -2.90. The summed E-state index contributed by atoms with van der Waals surface area (Å²) >= 11 is 1.31. The highest BCUT2D eigenvalue weighted by Gasteiger charge is 2.29. The maximum atomic E-state index is 11.5. The third-order valence-electron chi connectivity index (χ3n) is 4.34. The van der Waals surface area contributed by atoms with Crippen LogP contribution in [0.5, 0.6) is 0 Å². The zero-order chi connectivity index (χ0) is 18.9. The second-order valence-electron chi connectivity index (χ2n) is 6.60. The van der Waals surface area contributed by atoms with Crippen molar-refractivity contribution in [3.63, 3.8) is 0 Å². The Balaban J connectivity index is 1.33. The molecule has 0 aliphatic carbocycles. The van der Waals surface area contributed by atoms with Crippen molar-refractivity contribution < 1.29 is 17.4 Å². The van der Waals surface area contributed by atoms with Gasteiger partial charge in [0.25, 0.3) is 5.22 Å². The average molecular weight is 406 g/mol. The zero-order valence-corrected chi connectivity index (χ0v) is 16.3. The van der Waals surface area contributed by atoms with Crippen molar-refractivity contribution >= 4 is 21.6 Å². The highest BCUT2D eigenvalue weighted by atomic mass is 32.2. The summed E-state index contributed by atoms with van der Waals surface area (Å²) in [5.74, 6) is 2.39. The van der Waals surface area contributed by atoms with Crippen molar-refractivity contribution in [1.82, 2.24) is 20.3 Å². The van der Waals surface area contributed by atoms with Gasteiger partial charge >= 0.3 is 0 Å². The van der Waals surface area contributed by atoms with Crippen LogP contribution in [0.1, 0.15) is 23.8 Å². The van der Waals surface area contributed by atoms with E-state index >= 15 is 0 Å². The van der Waals surface area contributed by atoms with Crippen LogP contribution in [0.25, 0.3) is 11.4 Å². The lowest BCUT2D eigenvalue weighted by Gasteiger charge is -2.01. The zero-order valence-electron chi connectivity index (χ0n) is 14.7. The SMILES string of the molecule is Cc1ccc(-c2noc(CSc3nnc(CC4CCS(=O)(=O)C4)o3)n2)cc1. The Kier molecular flexibility index (Phi) is 5.00. The lowest BCUT2D eigenvalue weighted by Crippen LogP contribution is -2.07. The van der Waals surface area contributed by atoms with Crippen molar-refractivity contribution in [2.45, 2.75) is 30.7 Å². The molecule has 0 bridgehead atoms. The lowest BCUT2D eigenvalue weighted by molar-refractivity contribution is 0.383. The monoisotopic (exact) mass is 406 g/mol. The second-order valence-corrected chi connectivity index (χ2v) is 9.76. The smallest absolute Gasteiger partial charge is 0.277 e. The molecule has 1 aliphatic rings. The van der Waals surface area contributed by atoms with E-state index in [4.69, 9.17) is 8.94 Å². The molecule has 1 fully saturated rings. The van der Waals surface area contributed by atoms with Crippen molar-refractivity contribution in [1.29, 1.82) is 0 Å². The van der Waals surface area contributed by atoms with E-state index in [0.717, 1.165) is 5.56 Å². The van der Waals surface area contributed by atoms with Gasteiger partial charge in [0.15, 0.2) is 9.84 Å². The number of aryl methyl sites for hydroxylation is 1. The first-order chi connectivity index (χ1) is 13.0. The first-order valence-corrected chi connectivity index (χ1v) is 11.3. The minimum absolute atomic E-state index is 0.0568. The van der Waals surface area contributed by atoms with E-state index in [-0.39, 0.29) is 17.4 Å².